The molecule has 0 aliphatic carbocycles. The standard InChI is InChI=1S/C12H11F3N2O2/c1-2-3-17-6-16-9-5-8(12(13,14)15)7(11(18)19)4-10(9)17/h4-6H,2-3H2,1H3,(H,18,19). The minimum Gasteiger partial charge on any atom is -0.478 e. The first-order valence-electron chi connectivity index (χ1n) is 5.64. The molecule has 0 spiro atoms. The third-order valence-corrected chi connectivity index (χ3v) is 2.76. The lowest BCUT2D eigenvalue weighted by Crippen LogP contribution is -2.13. The summed E-state index contributed by atoms with van der Waals surface area (Å²) in [4.78, 5) is 14.9. The number of fused-ring (bicyclic) bond motifs is 1. The SMILES string of the molecule is CCCn1cnc2cc(C(F)(F)F)c(C(=O)O)cc21. The number of hydrogen-bond donors (Lipinski definition) is 1. The van der Waals surface area contributed by atoms with Gasteiger partial charge in [0.1, 0.15) is 0 Å². The van der Waals surface area contributed by atoms with Crippen LogP contribution in [-0.2, 0) is 12.7 Å². The molecule has 7 heteroatoms. The molecule has 0 bridgehead atoms. The van der Waals surface area contributed by atoms with Crippen molar-refractivity contribution in [3.8, 4) is 0 Å². The molecule has 1 heterocycles. The molecule has 0 fully saturated rings. The molecular formula is C12H11F3N2O2. The van der Waals surface area contributed by atoms with E-state index in [2.05, 4.69) is 4.98 Å². The number of nitrogens with zero attached hydrogens (tertiary/aromatic N) is 2. The summed E-state index contributed by atoms with van der Waals surface area (Å²) < 4.78 is 40.0. The zero-order chi connectivity index (χ0) is 14.2. The first-order valence-corrected chi connectivity index (χ1v) is 5.64. The van der Waals surface area contributed by atoms with Gasteiger partial charge in [-0.3, -0.25) is 0 Å². The van der Waals surface area contributed by atoms with E-state index in [9.17, 15) is 18.0 Å². The first-order chi connectivity index (χ1) is 8.84. The Balaban J connectivity index is 2.71. The van der Waals surface area contributed by atoms with Gasteiger partial charge in [0.15, 0.2) is 0 Å². The van der Waals surface area contributed by atoms with Crippen LogP contribution in [0.3, 0.4) is 0 Å². The van der Waals surface area contributed by atoms with Crippen LogP contribution in [0.4, 0.5) is 13.2 Å². The minimum absolute atomic E-state index is 0.144. The van der Waals surface area contributed by atoms with E-state index in [1.165, 1.54) is 6.33 Å². The molecule has 19 heavy (non-hydrogen) atoms. The van der Waals surface area contributed by atoms with Crippen LogP contribution < -0.4 is 0 Å². The molecule has 0 aliphatic rings. The van der Waals surface area contributed by atoms with Gasteiger partial charge in [-0.2, -0.15) is 13.2 Å². The van der Waals surface area contributed by atoms with Crippen molar-refractivity contribution in [3.63, 3.8) is 0 Å². The Morgan fingerprint density at radius 3 is 2.63 bits per heavy atom. The molecule has 0 unspecified atom stereocenters. The van der Waals surface area contributed by atoms with Crippen LogP contribution >= 0.6 is 0 Å². The second-order valence-corrected chi connectivity index (χ2v) is 4.13. The minimum atomic E-state index is -4.71. The number of aryl methyl sites for hydroxylation is 1. The van der Waals surface area contributed by atoms with E-state index < -0.39 is 23.3 Å². The third kappa shape index (κ3) is 2.40. The molecule has 0 aliphatic heterocycles. The van der Waals surface area contributed by atoms with Crippen molar-refractivity contribution in [3.05, 3.63) is 29.6 Å². The smallest absolute Gasteiger partial charge is 0.417 e. The molecule has 0 saturated heterocycles. The van der Waals surface area contributed by atoms with E-state index in [0.717, 1.165) is 18.6 Å². The van der Waals surface area contributed by atoms with E-state index in [-0.39, 0.29) is 5.52 Å². The highest BCUT2D eigenvalue weighted by Gasteiger charge is 2.36. The van der Waals surface area contributed by atoms with Crippen molar-refractivity contribution in [1.29, 1.82) is 0 Å². The van der Waals surface area contributed by atoms with E-state index in [1.807, 2.05) is 6.92 Å². The molecule has 0 atom stereocenters. The summed E-state index contributed by atoms with van der Waals surface area (Å²) in [6, 6.07) is 1.81. The Kier molecular flexibility index (Phi) is 3.21. The molecule has 1 aromatic heterocycles. The molecule has 0 radical (unpaired) electrons. The molecule has 2 aromatic rings. The molecule has 102 valence electrons. The maximum atomic E-state index is 12.8. The number of halogens is 3. The summed E-state index contributed by atoms with van der Waals surface area (Å²) in [6.07, 6.45) is -2.52. The fourth-order valence-corrected chi connectivity index (χ4v) is 1.93. The lowest BCUT2D eigenvalue weighted by molar-refractivity contribution is -0.138. The van der Waals surface area contributed by atoms with Gasteiger partial charge in [0.2, 0.25) is 0 Å². The van der Waals surface area contributed by atoms with Crippen LogP contribution in [-0.4, -0.2) is 20.6 Å². The van der Waals surface area contributed by atoms with Crippen molar-refractivity contribution < 1.29 is 23.1 Å². The second kappa shape index (κ2) is 4.56. The van der Waals surface area contributed by atoms with Gasteiger partial charge in [-0.15, -0.1) is 0 Å². The van der Waals surface area contributed by atoms with Crippen LogP contribution in [0.15, 0.2) is 18.5 Å². The highest BCUT2D eigenvalue weighted by molar-refractivity contribution is 5.94. The summed E-state index contributed by atoms with van der Waals surface area (Å²) in [5, 5.41) is 8.92. The number of aromatic nitrogens is 2. The number of aromatic carboxylic acids is 1. The first kappa shape index (κ1) is 13.4. The Bertz CT molecular complexity index is 632. The van der Waals surface area contributed by atoms with Gasteiger partial charge in [0.25, 0.3) is 0 Å². The van der Waals surface area contributed by atoms with Gasteiger partial charge in [-0.25, -0.2) is 9.78 Å². The maximum absolute atomic E-state index is 12.8. The number of carboxylic acid groups (broad SMARTS) is 1. The fourth-order valence-electron chi connectivity index (χ4n) is 1.93. The summed E-state index contributed by atoms with van der Waals surface area (Å²) in [7, 11) is 0. The summed E-state index contributed by atoms with van der Waals surface area (Å²) in [5.74, 6) is -1.60. The van der Waals surface area contributed by atoms with Gasteiger partial charge in [-0.05, 0) is 18.6 Å². The quantitative estimate of drug-likeness (QED) is 0.933. The van der Waals surface area contributed by atoms with Gasteiger partial charge >= 0.3 is 12.1 Å². The van der Waals surface area contributed by atoms with E-state index in [1.54, 1.807) is 4.57 Å². The molecule has 2 rings (SSSR count). The third-order valence-electron chi connectivity index (χ3n) is 2.76. The Labute approximate surface area is 106 Å². The Hall–Kier alpha value is -2.05. The summed E-state index contributed by atoms with van der Waals surface area (Å²) in [6.45, 7) is 2.48. The molecule has 1 aromatic carbocycles. The van der Waals surface area contributed by atoms with Gasteiger partial charge in [0, 0.05) is 6.54 Å². The van der Waals surface area contributed by atoms with Crippen LogP contribution in [0.25, 0.3) is 11.0 Å². The average Bonchev–Trinajstić information content (AvgIpc) is 2.70. The van der Waals surface area contributed by atoms with Crippen molar-refractivity contribution in [2.24, 2.45) is 0 Å². The topological polar surface area (TPSA) is 55.1 Å². The van der Waals surface area contributed by atoms with Crippen LogP contribution in [0.5, 0.6) is 0 Å². The van der Waals surface area contributed by atoms with Crippen molar-refractivity contribution >= 4 is 17.0 Å². The largest absolute Gasteiger partial charge is 0.478 e. The zero-order valence-electron chi connectivity index (χ0n) is 10.0. The molecule has 1 N–H and O–H groups in total. The highest BCUT2D eigenvalue weighted by Crippen LogP contribution is 2.34. The molecule has 4 nitrogen and oxygen atoms in total. The maximum Gasteiger partial charge on any atom is 0.417 e. The van der Waals surface area contributed by atoms with Crippen LogP contribution in [0.2, 0.25) is 0 Å². The monoisotopic (exact) mass is 272 g/mol. The van der Waals surface area contributed by atoms with Crippen molar-refractivity contribution in [2.45, 2.75) is 26.1 Å². The van der Waals surface area contributed by atoms with E-state index in [0.29, 0.717) is 12.1 Å². The number of benzene rings is 1. The number of alkyl halides is 3. The highest BCUT2D eigenvalue weighted by atomic mass is 19.4. The van der Waals surface area contributed by atoms with E-state index in [4.69, 9.17) is 5.11 Å². The molecule has 0 saturated carbocycles. The number of imidazole rings is 1. The van der Waals surface area contributed by atoms with Crippen LogP contribution in [0.1, 0.15) is 29.3 Å². The van der Waals surface area contributed by atoms with Crippen LogP contribution in [0, 0.1) is 0 Å². The molecule has 0 amide bonds. The number of carbonyl (C=O) groups is 1. The lowest BCUT2D eigenvalue weighted by Gasteiger charge is -2.11. The Morgan fingerprint density at radius 1 is 1.42 bits per heavy atom. The predicted molar refractivity (Wildman–Crippen MR) is 62.0 cm³/mol. The Morgan fingerprint density at radius 2 is 2.11 bits per heavy atom. The van der Waals surface area contributed by atoms with Crippen molar-refractivity contribution in [1.82, 2.24) is 9.55 Å². The summed E-state index contributed by atoms with van der Waals surface area (Å²) in [5.41, 5.74) is -1.38. The lowest BCUT2D eigenvalue weighted by atomic mass is 10.1. The molecular weight excluding hydrogens is 261 g/mol. The summed E-state index contributed by atoms with van der Waals surface area (Å²) >= 11 is 0. The van der Waals surface area contributed by atoms with Gasteiger partial charge < -0.3 is 9.67 Å². The number of hydrogen-bond acceptors (Lipinski definition) is 2. The number of rotatable bonds is 3. The normalized spacial score (nSPS) is 12.0. The zero-order valence-corrected chi connectivity index (χ0v) is 10.0. The number of carboxylic acids is 1. The van der Waals surface area contributed by atoms with Gasteiger partial charge in [0.05, 0.1) is 28.5 Å². The average molecular weight is 272 g/mol. The van der Waals surface area contributed by atoms with Gasteiger partial charge in [-0.1, -0.05) is 6.92 Å². The van der Waals surface area contributed by atoms with E-state index >= 15 is 0 Å². The predicted octanol–water partition coefficient (Wildman–Crippen LogP) is 3.16. The van der Waals surface area contributed by atoms with Crippen molar-refractivity contribution in [2.75, 3.05) is 0 Å². The second-order valence-electron chi connectivity index (χ2n) is 4.13. The fraction of sp³-hybridized carbons (Fsp3) is 0.333.